The molecule has 2 fully saturated rings. The second-order valence-electron chi connectivity index (χ2n) is 7.17. The first-order valence-corrected chi connectivity index (χ1v) is 9.99. The van der Waals surface area contributed by atoms with Gasteiger partial charge in [-0.2, -0.15) is 20.1 Å². The lowest BCUT2D eigenvalue weighted by atomic mass is 10.1. The average molecular weight is 412 g/mol. The summed E-state index contributed by atoms with van der Waals surface area (Å²) in [5.41, 5.74) is 4.42. The molecule has 0 radical (unpaired) electrons. The SMILES string of the molecule is C/C(=N\Nc1nc(N2CCCC2)nc(N2CCOCC2)n1)c1ccc([N+](=O)[O-])cc1. The van der Waals surface area contributed by atoms with Gasteiger partial charge in [-0.15, -0.1) is 0 Å². The van der Waals surface area contributed by atoms with Crippen molar-refractivity contribution in [1.82, 2.24) is 15.0 Å². The van der Waals surface area contributed by atoms with Gasteiger partial charge in [0.15, 0.2) is 0 Å². The van der Waals surface area contributed by atoms with E-state index in [9.17, 15) is 10.1 Å². The summed E-state index contributed by atoms with van der Waals surface area (Å²) in [5, 5.41) is 15.2. The highest BCUT2D eigenvalue weighted by Gasteiger charge is 2.21. The van der Waals surface area contributed by atoms with E-state index in [-0.39, 0.29) is 5.69 Å². The molecule has 1 aromatic carbocycles. The fourth-order valence-electron chi connectivity index (χ4n) is 3.39. The highest BCUT2D eigenvalue weighted by molar-refractivity contribution is 5.99. The molecule has 0 unspecified atom stereocenters. The molecule has 1 aromatic heterocycles. The Bertz CT molecular complexity index is 922. The van der Waals surface area contributed by atoms with E-state index in [0.29, 0.717) is 36.8 Å². The third-order valence-corrected chi connectivity index (χ3v) is 5.11. The molecule has 0 spiro atoms. The largest absolute Gasteiger partial charge is 0.378 e. The molecular weight excluding hydrogens is 388 g/mol. The van der Waals surface area contributed by atoms with E-state index in [0.717, 1.165) is 44.6 Å². The number of ether oxygens (including phenoxy) is 1. The van der Waals surface area contributed by atoms with Gasteiger partial charge in [-0.25, -0.2) is 5.43 Å². The summed E-state index contributed by atoms with van der Waals surface area (Å²) in [5.74, 6) is 1.63. The van der Waals surface area contributed by atoms with Crippen molar-refractivity contribution < 1.29 is 9.66 Å². The third-order valence-electron chi connectivity index (χ3n) is 5.11. The Morgan fingerprint density at radius 2 is 1.63 bits per heavy atom. The zero-order chi connectivity index (χ0) is 20.9. The predicted octanol–water partition coefficient (Wildman–Crippen LogP) is 2.05. The zero-order valence-electron chi connectivity index (χ0n) is 16.8. The monoisotopic (exact) mass is 412 g/mol. The first-order chi connectivity index (χ1) is 14.6. The maximum Gasteiger partial charge on any atom is 0.269 e. The van der Waals surface area contributed by atoms with Crippen LogP contribution in [0.25, 0.3) is 0 Å². The molecule has 2 saturated heterocycles. The number of aromatic nitrogens is 3. The maximum atomic E-state index is 10.8. The minimum absolute atomic E-state index is 0.0439. The van der Waals surface area contributed by atoms with Crippen LogP contribution in [0, 0.1) is 10.1 Å². The van der Waals surface area contributed by atoms with Gasteiger partial charge in [-0.1, -0.05) is 0 Å². The second kappa shape index (κ2) is 8.99. The van der Waals surface area contributed by atoms with E-state index >= 15 is 0 Å². The molecule has 4 rings (SSSR count). The molecule has 0 bridgehead atoms. The molecule has 0 atom stereocenters. The number of morpholine rings is 1. The standard InChI is InChI=1S/C19H24N8O3/c1-14(15-4-6-16(7-5-15)27(28)29)23-24-17-20-18(25-8-2-3-9-25)22-19(21-17)26-10-12-30-13-11-26/h4-7H,2-3,8-13H2,1H3,(H,20,21,22,24)/b23-14+. The van der Waals surface area contributed by atoms with Crippen molar-refractivity contribution in [3.8, 4) is 0 Å². The number of benzene rings is 1. The van der Waals surface area contributed by atoms with Gasteiger partial charge in [0.05, 0.1) is 23.8 Å². The van der Waals surface area contributed by atoms with E-state index in [2.05, 4.69) is 35.3 Å². The molecule has 2 aliphatic heterocycles. The highest BCUT2D eigenvalue weighted by Crippen LogP contribution is 2.21. The van der Waals surface area contributed by atoms with Crippen LogP contribution in [-0.2, 0) is 4.74 Å². The summed E-state index contributed by atoms with van der Waals surface area (Å²) in [6.07, 6.45) is 2.25. The number of nitro benzene ring substituents is 1. The molecule has 1 N–H and O–H groups in total. The van der Waals surface area contributed by atoms with Crippen LogP contribution in [0.2, 0.25) is 0 Å². The Balaban J connectivity index is 1.56. The van der Waals surface area contributed by atoms with Crippen molar-refractivity contribution in [1.29, 1.82) is 0 Å². The van der Waals surface area contributed by atoms with Crippen molar-refractivity contribution in [3.05, 3.63) is 39.9 Å². The van der Waals surface area contributed by atoms with E-state index in [1.807, 2.05) is 6.92 Å². The fourth-order valence-corrected chi connectivity index (χ4v) is 3.39. The number of nitrogens with zero attached hydrogens (tertiary/aromatic N) is 7. The molecule has 3 heterocycles. The summed E-state index contributed by atoms with van der Waals surface area (Å²) in [7, 11) is 0. The number of hydrazone groups is 1. The summed E-state index contributed by atoms with van der Waals surface area (Å²) in [4.78, 5) is 28.4. The van der Waals surface area contributed by atoms with Crippen LogP contribution < -0.4 is 15.2 Å². The van der Waals surface area contributed by atoms with Gasteiger partial charge in [-0.3, -0.25) is 10.1 Å². The summed E-state index contributed by atoms with van der Waals surface area (Å²) in [6, 6.07) is 6.25. The maximum absolute atomic E-state index is 10.8. The van der Waals surface area contributed by atoms with Crippen molar-refractivity contribution in [3.63, 3.8) is 0 Å². The van der Waals surface area contributed by atoms with Gasteiger partial charge >= 0.3 is 0 Å². The third kappa shape index (κ3) is 4.62. The van der Waals surface area contributed by atoms with Gasteiger partial charge in [0.25, 0.3) is 5.69 Å². The van der Waals surface area contributed by atoms with Crippen LogP contribution >= 0.6 is 0 Å². The van der Waals surface area contributed by atoms with E-state index < -0.39 is 4.92 Å². The molecule has 158 valence electrons. The first kappa shape index (κ1) is 20.0. The Hall–Kier alpha value is -3.34. The van der Waals surface area contributed by atoms with E-state index in [1.54, 1.807) is 12.1 Å². The lowest BCUT2D eigenvalue weighted by molar-refractivity contribution is -0.384. The molecule has 30 heavy (non-hydrogen) atoms. The Morgan fingerprint density at radius 3 is 2.23 bits per heavy atom. The Kier molecular flexibility index (Phi) is 5.98. The van der Waals surface area contributed by atoms with Crippen LogP contribution in [0.3, 0.4) is 0 Å². The number of nitrogens with one attached hydrogen (secondary N) is 1. The van der Waals surface area contributed by atoms with Crippen LogP contribution in [0.4, 0.5) is 23.5 Å². The number of hydrogen-bond donors (Lipinski definition) is 1. The fraction of sp³-hybridized carbons (Fsp3) is 0.474. The summed E-state index contributed by atoms with van der Waals surface area (Å²) >= 11 is 0. The van der Waals surface area contributed by atoms with Crippen molar-refractivity contribution in [2.24, 2.45) is 5.10 Å². The van der Waals surface area contributed by atoms with Crippen molar-refractivity contribution >= 4 is 29.2 Å². The molecule has 2 aliphatic rings. The normalized spacial score (nSPS) is 17.3. The van der Waals surface area contributed by atoms with Crippen LogP contribution in [0.5, 0.6) is 0 Å². The van der Waals surface area contributed by atoms with Crippen molar-refractivity contribution in [2.75, 3.05) is 54.6 Å². The molecule has 0 saturated carbocycles. The Morgan fingerprint density at radius 1 is 1.03 bits per heavy atom. The van der Waals surface area contributed by atoms with Crippen LogP contribution in [-0.4, -0.2) is 65.0 Å². The molecule has 0 aliphatic carbocycles. The minimum Gasteiger partial charge on any atom is -0.378 e. The van der Waals surface area contributed by atoms with Gasteiger partial charge in [-0.05, 0) is 37.5 Å². The minimum atomic E-state index is -0.424. The number of rotatable bonds is 6. The molecule has 11 heteroatoms. The summed E-state index contributed by atoms with van der Waals surface area (Å²) < 4.78 is 5.43. The number of nitro groups is 1. The van der Waals surface area contributed by atoms with Gasteiger partial charge in [0.2, 0.25) is 17.8 Å². The zero-order valence-corrected chi connectivity index (χ0v) is 16.8. The average Bonchev–Trinajstić information content (AvgIpc) is 3.33. The second-order valence-corrected chi connectivity index (χ2v) is 7.17. The molecule has 2 aromatic rings. The smallest absolute Gasteiger partial charge is 0.269 e. The number of anilines is 3. The molecule has 11 nitrogen and oxygen atoms in total. The summed E-state index contributed by atoms with van der Waals surface area (Å²) in [6.45, 7) is 6.42. The molecular formula is C19H24N8O3. The van der Waals surface area contributed by atoms with Crippen LogP contribution in [0.15, 0.2) is 29.4 Å². The lowest BCUT2D eigenvalue weighted by Gasteiger charge is -2.27. The number of hydrogen-bond acceptors (Lipinski definition) is 10. The van der Waals surface area contributed by atoms with Gasteiger partial charge in [0.1, 0.15) is 0 Å². The van der Waals surface area contributed by atoms with E-state index in [1.165, 1.54) is 12.1 Å². The predicted molar refractivity (Wildman–Crippen MR) is 113 cm³/mol. The van der Waals surface area contributed by atoms with Gasteiger partial charge in [0, 0.05) is 38.3 Å². The topological polar surface area (TPSA) is 122 Å². The number of non-ortho nitro benzene ring substituents is 1. The quantitative estimate of drug-likeness (QED) is 0.431. The van der Waals surface area contributed by atoms with Gasteiger partial charge < -0.3 is 14.5 Å². The van der Waals surface area contributed by atoms with E-state index in [4.69, 9.17) is 4.74 Å². The lowest BCUT2D eigenvalue weighted by Crippen LogP contribution is -2.38. The first-order valence-electron chi connectivity index (χ1n) is 9.99. The van der Waals surface area contributed by atoms with Crippen LogP contribution in [0.1, 0.15) is 25.3 Å². The highest BCUT2D eigenvalue weighted by atomic mass is 16.6. The van der Waals surface area contributed by atoms with Crippen molar-refractivity contribution in [2.45, 2.75) is 19.8 Å². The molecule has 0 amide bonds. The Labute approximate surface area is 173 Å².